The van der Waals surface area contributed by atoms with Gasteiger partial charge in [-0.05, 0) is 39.7 Å². The highest BCUT2D eigenvalue weighted by Crippen LogP contribution is 2.30. The molecule has 2 N–H and O–H groups in total. The molecule has 0 saturated carbocycles. The SMILES string of the molecule is COc1ccc(C)cc1[C@H](C)NC(=O)N1CCC[C@@]1(C)CO. The second-order valence-electron chi connectivity index (χ2n) is 6.33. The lowest BCUT2D eigenvalue weighted by Crippen LogP contribution is -2.52. The van der Waals surface area contributed by atoms with Crippen molar-refractivity contribution in [2.75, 3.05) is 20.3 Å². The highest BCUT2D eigenvalue weighted by molar-refractivity contribution is 5.76. The van der Waals surface area contributed by atoms with Crippen LogP contribution in [0.15, 0.2) is 18.2 Å². The van der Waals surface area contributed by atoms with Gasteiger partial charge in [0.05, 0.1) is 25.3 Å². The van der Waals surface area contributed by atoms with E-state index in [0.717, 1.165) is 29.7 Å². The number of ether oxygens (including phenoxy) is 1. The third-order valence-corrected chi connectivity index (χ3v) is 4.53. The minimum absolute atomic E-state index is 0.0113. The van der Waals surface area contributed by atoms with Crippen molar-refractivity contribution in [2.45, 2.75) is 45.2 Å². The van der Waals surface area contributed by atoms with Gasteiger partial charge >= 0.3 is 6.03 Å². The van der Waals surface area contributed by atoms with E-state index in [-0.39, 0.29) is 18.7 Å². The maximum atomic E-state index is 12.6. The van der Waals surface area contributed by atoms with Gasteiger partial charge in [0.15, 0.2) is 0 Å². The molecular weight excluding hydrogens is 280 g/mol. The van der Waals surface area contributed by atoms with Crippen LogP contribution in [0, 0.1) is 6.92 Å². The molecule has 1 heterocycles. The summed E-state index contributed by atoms with van der Waals surface area (Å²) in [5, 5.41) is 12.6. The number of rotatable bonds is 4. The Kier molecular flexibility index (Phi) is 4.96. The number of carbonyl (C=O) groups is 1. The fraction of sp³-hybridized carbons (Fsp3) is 0.588. The lowest BCUT2D eigenvalue weighted by molar-refractivity contribution is 0.0961. The zero-order valence-electron chi connectivity index (χ0n) is 13.8. The van der Waals surface area contributed by atoms with Gasteiger partial charge in [-0.2, -0.15) is 0 Å². The van der Waals surface area contributed by atoms with Crippen LogP contribution in [0.5, 0.6) is 5.75 Å². The third-order valence-electron chi connectivity index (χ3n) is 4.53. The number of aliphatic hydroxyl groups excluding tert-OH is 1. The van der Waals surface area contributed by atoms with Crippen molar-refractivity contribution in [2.24, 2.45) is 0 Å². The van der Waals surface area contributed by atoms with E-state index in [4.69, 9.17) is 4.74 Å². The number of nitrogens with zero attached hydrogens (tertiary/aromatic N) is 1. The molecule has 0 aliphatic carbocycles. The molecule has 0 radical (unpaired) electrons. The topological polar surface area (TPSA) is 61.8 Å². The van der Waals surface area contributed by atoms with Crippen LogP contribution in [0.2, 0.25) is 0 Å². The number of likely N-dealkylation sites (tertiary alicyclic amines) is 1. The van der Waals surface area contributed by atoms with Crippen molar-refractivity contribution in [3.05, 3.63) is 29.3 Å². The number of amides is 2. The third kappa shape index (κ3) is 3.19. The number of hydrogen-bond acceptors (Lipinski definition) is 3. The first-order valence-electron chi connectivity index (χ1n) is 7.75. The van der Waals surface area contributed by atoms with E-state index in [1.807, 2.05) is 39.0 Å². The van der Waals surface area contributed by atoms with Gasteiger partial charge in [0, 0.05) is 12.1 Å². The van der Waals surface area contributed by atoms with E-state index >= 15 is 0 Å². The van der Waals surface area contributed by atoms with Crippen LogP contribution in [0.3, 0.4) is 0 Å². The normalized spacial score (nSPS) is 22.5. The summed E-state index contributed by atoms with van der Waals surface area (Å²) in [7, 11) is 1.63. The quantitative estimate of drug-likeness (QED) is 0.899. The molecule has 0 spiro atoms. The number of aryl methyl sites for hydroxylation is 1. The van der Waals surface area contributed by atoms with Crippen LogP contribution >= 0.6 is 0 Å². The lowest BCUT2D eigenvalue weighted by Gasteiger charge is -2.34. The maximum Gasteiger partial charge on any atom is 0.318 e. The van der Waals surface area contributed by atoms with Crippen LogP contribution < -0.4 is 10.1 Å². The first-order valence-corrected chi connectivity index (χ1v) is 7.75. The number of aliphatic hydroxyl groups is 1. The second kappa shape index (κ2) is 6.57. The molecule has 0 aromatic heterocycles. The van der Waals surface area contributed by atoms with Crippen molar-refractivity contribution >= 4 is 6.03 Å². The van der Waals surface area contributed by atoms with Gasteiger partial charge < -0.3 is 20.1 Å². The lowest BCUT2D eigenvalue weighted by atomic mass is 10.0. The van der Waals surface area contributed by atoms with Crippen molar-refractivity contribution in [3.8, 4) is 5.75 Å². The molecule has 1 aromatic carbocycles. The molecule has 1 saturated heterocycles. The van der Waals surface area contributed by atoms with Crippen molar-refractivity contribution in [1.29, 1.82) is 0 Å². The van der Waals surface area contributed by atoms with Gasteiger partial charge in [-0.1, -0.05) is 17.7 Å². The number of nitrogens with one attached hydrogen (secondary N) is 1. The Morgan fingerprint density at radius 1 is 1.55 bits per heavy atom. The zero-order valence-corrected chi connectivity index (χ0v) is 13.8. The van der Waals surface area contributed by atoms with Crippen LogP contribution in [0.1, 0.15) is 43.9 Å². The summed E-state index contributed by atoms with van der Waals surface area (Å²) in [6.45, 7) is 6.56. The van der Waals surface area contributed by atoms with Gasteiger partial charge in [-0.15, -0.1) is 0 Å². The molecule has 1 aliphatic heterocycles. The van der Waals surface area contributed by atoms with E-state index in [2.05, 4.69) is 5.32 Å². The number of methoxy groups -OCH3 is 1. The van der Waals surface area contributed by atoms with Gasteiger partial charge in [-0.25, -0.2) is 4.79 Å². The summed E-state index contributed by atoms with van der Waals surface area (Å²) in [6.07, 6.45) is 1.76. The summed E-state index contributed by atoms with van der Waals surface area (Å²) in [5.74, 6) is 0.768. The van der Waals surface area contributed by atoms with Crippen molar-refractivity contribution in [3.63, 3.8) is 0 Å². The Labute approximate surface area is 132 Å². The standard InChI is InChI=1S/C17H26N2O3/c1-12-6-7-15(22-4)14(10-12)13(2)18-16(21)19-9-5-8-17(19,3)11-20/h6-7,10,13,20H,5,8-9,11H2,1-4H3,(H,18,21)/t13-,17-/m0/s1. The molecule has 0 unspecified atom stereocenters. The Bertz CT molecular complexity index is 547. The highest BCUT2D eigenvalue weighted by Gasteiger charge is 2.39. The van der Waals surface area contributed by atoms with Gasteiger partial charge in [0.25, 0.3) is 0 Å². The van der Waals surface area contributed by atoms with Gasteiger partial charge in [-0.3, -0.25) is 0 Å². The molecule has 2 rings (SSSR count). The summed E-state index contributed by atoms with van der Waals surface area (Å²) in [4.78, 5) is 14.3. The maximum absolute atomic E-state index is 12.6. The number of hydrogen-bond donors (Lipinski definition) is 2. The van der Waals surface area contributed by atoms with E-state index in [0.29, 0.717) is 6.54 Å². The molecule has 122 valence electrons. The smallest absolute Gasteiger partial charge is 0.318 e. The monoisotopic (exact) mass is 306 g/mol. The van der Waals surface area contributed by atoms with Crippen molar-refractivity contribution in [1.82, 2.24) is 10.2 Å². The Morgan fingerprint density at radius 2 is 2.27 bits per heavy atom. The van der Waals surface area contributed by atoms with Crippen LogP contribution in [-0.4, -0.2) is 41.8 Å². The van der Waals surface area contributed by atoms with Crippen LogP contribution in [0.4, 0.5) is 4.79 Å². The predicted molar refractivity (Wildman–Crippen MR) is 86.1 cm³/mol. The average molecular weight is 306 g/mol. The van der Waals surface area contributed by atoms with E-state index in [9.17, 15) is 9.90 Å². The molecule has 2 atom stereocenters. The highest BCUT2D eigenvalue weighted by atomic mass is 16.5. The molecule has 2 amide bonds. The first kappa shape index (κ1) is 16.6. The van der Waals surface area contributed by atoms with E-state index < -0.39 is 5.54 Å². The number of urea groups is 1. The molecule has 22 heavy (non-hydrogen) atoms. The largest absolute Gasteiger partial charge is 0.496 e. The van der Waals surface area contributed by atoms with E-state index in [1.54, 1.807) is 12.0 Å². The zero-order chi connectivity index (χ0) is 16.3. The number of benzene rings is 1. The van der Waals surface area contributed by atoms with Crippen LogP contribution in [-0.2, 0) is 0 Å². The Hall–Kier alpha value is -1.75. The summed E-state index contributed by atoms with van der Waals surface area (Å²) >= 11 is 0. The second-order valence-corrected chi connectivity index (χ2v) is 6.33. The number of carbonyl (C=O) groups excluding carboxylic acids is 1. The fourth-order valence-corrected chi connectivity index (χ4v) is 3.07. The first-order chi connectivity index (χ1) is 10.4. The minimum Gasteiger partial charge on any atom is -0.496 e. The molecule has 5 heteroatoms. The van der Waals surface area contributed by atoms with Gasteiger partial charge in [0.1, 0.15) is 5.75 Å². The summed E-state index contributed by atoms with van der Waals surface area (Å²) in [5.41, 5.74) is 1.62. The molecule has 1 aromatic rings. The fourth-order valence-electron chi connectivity index (χ4n) is 3.07. The Morgan fingerprint density at radius 3 is 2.91 bits per heavy atom. The molecular formula is C17H26N2O3. The molecule has 0 bridgehead atoms. The summed E-state index contributed by atoms with van der Waals surface area (Å²) < 4.78 is 5.39. The Balaban J connectivity index is 2.13. The van der Waals surface area contributed by atoms with Crippen LogP contribution in [0.25, 0.3) is 0 Å². The van der Waals surface area contributed by atoms with E-state index in [1.165, 1.54) is 0 Å². The molecule has 5 nitrogen and oxygen atoms in total. The van der Waals surface area contributed by atoms with Gasteiger partial charge in [0.2, 0.25) is 0 Å². The minimum atomic E-state index is -0.458. The van der Waals surface area contributed by atoms with Crippen molar-refractivity contribution < 1.29 is 14.6 Å². The summed E-state index contributed by atoms with van der Waals surface area (Å²) in [6, 6.07) is 5.64. The molecule has 1 aliphatic rings. The molecule has 1 fully saturated rings. The predicted octanol–water partition coefficient (Wildman–Crippen LogP) is 2.62. The average Bonchev–Trinajstić information content (AvgIpc) is 2.89.